The predicted octanol–water partition coefficient (Wildman–Crippen LogP) is 3.87. The molecule has 6 nitrogen and oxygen atoms in total. The molecule has 1 atom stereocenters. The summed E-state index contributed by atoms with van der Waals surface area (Å²) in [6.45, 7) is 8.68. The van der Waals surface area contributed by atoms with E-state index in [0.717, 1.165) is 17.7 Å². The Balaban J connectivity index is 1.61. The highest BCUT2D eigenvalue weighted by Crippen LogP contribution is 2.24. The van der Waals surface area contributed by atoms with E-state index in [-0.39, 0.29) is 23.1 Å². The molecule has 2 N–H and O–H groups in total. The molecule has 6 heteroatoms. The standard InChI is InChI=1S/C24H29N3O3/c1-16(25-23(30)17-10-12-18(13-11-17)24(2,3)4)22(29)26-19-7-5-8-20(15-19)27-14-6-9-21(27)28/h5,7-8,10-13,15-16H,6,9,14H2,1-4H3,(H,25,30)(H,26,29)/t16-/m0/s1. The quantitative estimate of drug-likeness (QED) is 0.790. The third-order valence-corrected chi connectivity index (χ3v) is 5.25. The zero-order chi connectivity index (χ0) is 21.9. The summed E-state index contributed by atoms with van der Waals surface area (Å²) in [5.74, 6) is -0.523. The number of benzene rings is 2. The first-order chi connectivity index (χ1) is 14.1. The van der Waals surface area contributed by atoms with E-state index in [1.807, 2.05) is 18.2 Å². The molecular formula is C24H29N3O3. The maximum atomic E-state index is 12.6. The molecule has 0 unspecified atom stereocenters. The Bertz CT molecular complexity index is 945. The number of carbonyl (C=O) groups is 3. The van der Waals surface area contributed by atoms with Crippen LogP contribution in [0.5, 0.6) is 0 Å². The van der Waals surface area contributed by atoms with Crippen molar-refractivity contribution in [1.29, 1.82) is 0 Å². The Kier molecular flexibility index (Phi) is 6.25. The van der Waals surface area contributed by atoms with Crippen LogP contribution in [0.25, 0.3) is 0 Å². The van der Waals surface area contributed by atoms with Gasteiger partial charge in [-0.3, -0.25) is 14.4 Å². The largest absolute Gasteiger partial charge is 0.341 e. The number of amides is 3. The Hall–Kier alpha value is -3.15. The molecule has 0 aliphatic carbocycles. The minimum atomic E-state index is -0.711. The van der Waals surface area contributed by atoms with Crippen molar-refractivity contribution in [3.63, 3.8) is 0 Å². The van der Waals surface area contributed by atoms with Crippen LogP contribution >= 0.6 is 0 Å². The number of rotatable bonds is 5. The molecule has 2 aromatic carbocycles. The fraction of sp³-hybridized carbons (Fsp3) is 0.375. The molecule has 1 heterocycles. The van der Waals surface area contributed by atoms with E-state index in [2.05, 4.69) is 31.4 Å². The first-order valence-electron chi connectivity index (χ1n) is 10.3. The molecule has 30 heavy (non-hydrogen) atoms. The minimum Gasteiger partial charge on any atom is -0.341 e. The minimum absolute atomic E-state index is 0.0103. The van der Waals surface area contributed by atoms with Crippen LogP contribution < -0.4 is 15.5 Å². The second-order valence-electron chi connectivity index (χ2n) is 8.71. The smallest absolute Gasteiger partial charge is 0.251 e. The van der Waals surface area contributed by atoms with Gasteiger partial charge in [0.2, 0.25) is 11.8 Å². The Morgan fingerprint density at radius 3 is 2.37 bits per heavy atom. The molecule has 0 spiro atoms. The second-order valence-corrected chi connectivity index (χ2v) is 8.71. The number of carbonyl (C=O) groups excluding carboxylic acids is 3. The van der Waals surface area contributed by atoms with Crippen LogP contribution in [-0.2, 0) is 15.0 Å². The van der Waals surface area contributed by atoms with E-state index in [1.165, 1.54) is 0 Å². The van der Waals surface area contributed by atoms with Gasteiger partial charge in [-0.05, 0) is 54.7 Å². The predicted molar refractivity (Wildman–Crippen MR) is 119 cm³/mol. The lowest BCUT2D eigenvalue weighted by atomic mass is 9.86. The Morgan fingerprint density at radius 1 is 1.07 bits per heavy atom. The second kappa shape index (κ2) is 8.69. The fourth-order valence-corrected chi connectivity index (χ4v) is 3.39. The summed E-state index contributed by atoms with van der Waals surface area (Å²) >= 11 is 0. The zero-order valence-electron chi connectivity index (χ0n) is 18.0. The van der Waals surface area contributed by atoms with Crippen molar-refractivity contribution in [2.45, 2.75) is 52.0 Å². The summed E-state index contributed by atoms with van der Waals surface area (Å²) in [7, 11) is 0. The molecule has 3 rings (SSSR count). The Morgan fingerprint density at radius 2 is 1.77 bits per heavy atom. The van der Waals surface area contributed by atoms with Crippen molar-refractivity contribution in [1.82, 2.24) is 5.32 Å². The number of anilines is 2. The van der Waals surface area contributed by atoms with Crippen molar-refractivity contribution < 1.29 is 14.4 Å². The lowest BCUT2D eigenvalue weighted by molar-refractivity contribution is -0.118. The summed E-state index contributed by atoms with van der Waals surface area (Å²) in [4.78, 5) is 38.7. The maximum Gasteiger partial charge on any atom is 0.251 e. The van der Waals surface area contributed by atoms with Gasteiger partial charge in [0.25, 0.3) is 5.91 Å². The number of hydrogen-bond donors (Lipinski definition) is 2. The van der Waals surface area contributed by atoms with Crippen LogP contribution in [0.1, 0.15) is 56.5 Å². The van der Waals surface area contributed by atoms with Gasteiger partial charge in [-0.2, -0.15) is 0 Å². The van der Waals surface area contributed by atoms with E-state index in [9.17, 15) is 14.4 Å². The third kappa shape index (κ3) is 5.06. The van der Waals surface area contributed by atoms with E-state index >= 15 is 0 Å². The number of nitrogens with one attached hydrogen (secondary N) is 2. The van der Waals surface area contributed by atoms with Gasteiger partial charge < -0.3 is 15.5 Å². The van der Waals surface area contributed by atoms with Gasteiger partial charge in [0.1, 0.15) is 6.04 Å². The number of hydrogen-bond acceptors (Lipinski definition) is 3. The molecule has 0 saturated carbocycles. The maximum absolute atomic E-state index is 12.6. The van der Waals surface area contributed by atoms with Gasteiger partial charge in [-0.1, -0.05) is 39.0 Å². The van der Waals surface area contributed by atoms with Crippen molar-refractivity contribution in [2.75, 3.05) is 16.8 Å². The summed E-state index contributed by atoms with van der Waals surface area (Å²) in [5, 5.41) is 5.55. The summed E-state index contributed by atoms with van der Waals surface area (Å²) in [6.07, 6.45) is 1.39. The molecule has 1 aliphatic rings. The average Bonchev–Trinajstić information content (AvgIpc) is 3.13. The molecule has 1 aliphatic heterocycles. The van der Waals surface area contributed by atoms with Crippen molar-refractivity contribution in [3.05, 3.63) is 59.7 Å². The van der Waals surface area contributed by atoms with E-state index in [4.69, 9.17) is 0 Å². The molecule has 1 fully saturated rings. The molecule has 0 aromatic heterocycles. The third-order valence-electron chi connectivity index (χ3n) is 5.25. The normalized spacial score (nSPS) is 15.1. The van der Waals surface area contributed by atoms with E-state index in [0.29, 0.717) is 24.2 Å². The molecule has 3 amide bonds. The van der Waals surface area contributed by atoms with Crippen molar-refractivity contribution in [2.24, 2.45) is 0 Å². The van der Waals surface area contributed by atoms with Crippen LogP contribution in [0.3, 0.4) is 0 Å². The molecule has 0 bridgehead atoms. The van der Waals surface area contributed by atoms with Gasteiger partial charge in [0.15, 0.2) is 0 Å². The molecule has 158 valence electrons. The van der Waals surface area contributed by atoms with Crippen LogP contribution in [0.15, 0.2) is 48.5 Å². The topological polar surface area (TPSA) is 78.5 Å². The van der Waals surface area contributed by atoms with Gasteiger partial charge in [0, 0.05) is 29.9 Å². The molecule has 2 aromatic rings. The highest BCUT2D eigenvalue weighted by molar-refractivity contribution is 6.01. The van der Waals surface area contributed by atoms with Crippen LogP contribution in [0.2, 0.25) is 0 Å². The first-order valence-corrected chi connectivity index (χ1v) is 10.3. The van der Waals surface area contributed by atoms with Crippen molar-refractivity contribution in [3.8, 4) is 0 Å². The molecule has 0 radical (unpaired) electrons. The molecule has 1 saturated heterocycles. The lowest BCUT2D eigenvalue weighted by Crippen LogP contribution is -2.41. The van der Waals surface area contributed by atoms with Crippen LogP contribution in [-0.4, -0.2) is 30.3 Å². The van der Waals surface area contributed by atoms with E-state index in [1.54, 1.807) is 42.2 Å². The SMILES string of the molecule is C[C@H](NC(=O)c1ccc(C(C)(C)C)cc1)C(=O)Nc1cccc(N2CCCC2=O)c1. The molecular weight excluding hydrogens is 378 g/mol. The van der Waals surface area contributed by atoms with Gasteiger partial charge in [-0.15, -0.1) is 0 Å². The number of nitrogens with zero attached hydrogens (tertiary/aromatic N) is 1. The summed E-state index contributed by atoms with van der Waals surface area (Å²) < 4.78 is 0. The fourth-order valence-electron chi connectivity index (χ4n) is 3.39. The monoisotopic (exact) mass is 407 g/mol. The first kappa shape index (κ1) is 21.6. The van der Waals surface area contributed by atoms with Gasteiger partial charge >= 0.3 is 0 Å². The van der Waals surface area contributed by atoms with Gasteiger partial charge in [-0.25, -0.2) is 0 Å². The van der Waals surface area contributed by atoms with Gasteiger partial charge in [0.05, 0.1) is 0 Å². The Labute approximate surface area is 177 Å². The summed E-state index contributed by atoms with van der Waals surface area (Å²) in [5.41, 5.74) is 3.02. The van der Waals surface area contributed by atoms with Crippen LogP contribution in [0.4, 0.5) is 11.4 Å². The average molecular weight is 408 g/mol. The summed E-state index contributed by atoms with van der Waals surface area (Å²) in [6, 6.07) is 13.9. The zero-order valence-corrected chi connectivity index (χ0v) is 18.0. The van der Waals surface area contributed by atoms with Crippen LogP contribution in [0, 0.1) is 0 Å². The highest BCUT2D eigenvalue weighted by Gasteiger charge is 2.22. The highest BCUT2D eigenvalue weighted by atomic mass is 16.2. The van der Waals surface area contributed by atoms with E-state index < -0.39 is 6.04 Å². The van der Waals surface area contributed by atoms with Crippen molar-refractivity contribution >= 4 is 29.1 Å². The lowest BCUT2D eigenvalue weighted by Gasteiger charge is -2.19.